The van der Waals surface area contributed by atoms with Gasteiger partial charge in [-0.05, 0) is 19.1 Å². The van der Waals surface area contributed by atoms with Crippen molar-refractivity contribution in [2.45, 2.75) is 19.1 Å². The molecule has 0 aliphatic carbocycles. The molecule has 0 amide bonds. The standard InChI is InChI=1S/C10H14N4O/c1-7(15)10(12)6-14-8-2-3-13-9(4-8)5-11/h2-4,7,10,15H,6,12H2,1H3,(H,13,14). The largest absolute Gasteiger partial charge is 0.392 e. The van der Waals surface area contributed by atoms with Crippen LogP contribution in [0.3, 0.4) is 0 Å². The molecule has 0 fully saturated rings. The van der Waals surface area contributed by atoms with Crippen LogP contribution in [0.15, 0.2) is 18.3 Å². The molecule has 0 spiro atoms. The predicted octanol–water partition coefficient (Wildman–Crippen LogP) is 0.0733. The monoisotopic (exact) mass is 206 g/mol. The molecule has 1 aromatic heterocycles. The van der Waals surface area contributed by atoms with Gasteiger partial charge in [0.25, 0.3) is 0 Å². The summed E-state index contributed by atoms with van der Waals surface area (Å²) < 4.78 is 0. The molecule has 0 aliphatic heterocycles. The Morgan fingerprint density at radius 3 is 3.07 bits per heavy atom. The number of nitrogens with one attached hydrogen (secondary N) is 1. The maximum atomic E-state index is 9.17. The van der Waals surface area contributed by atoms with Crippen molar-refractivity contribution < 1.29 is 5.11 Å². The molecule has 4 N–H and O–H groups in total. The summed E-state index contributed by atoms with van der Waals surface area (Å²) in [6.45, 7) is 2.09. The second kappa shape index (κ2) is 5.29. The minimum absolute atomic E-state index is 0.330. The van der Waals surface area contributed by atoms with Gasteiger partial charge in [0.15, 0.2) is 0 Å². The van der Waals surface area contributed by atoms with Crippen LogP contribution in [0.5, 0.6) is 0 Å². The van der Waals surface area contributed by atoms with E-state index in [0.717, 1.165) is 5.69 Å². The molecular weight excluding hydrogens is 192 g/mol. The van der Waals surface area contributed by atoms with Gasteiger partial charge in [0.05, 0.1) is 6.10 Å². The van der Waals surface area contributed by atoms with Crippen LogP contribution in [-0.4, -0.2) is 28.8 Å². The van der Waals surface area contributed by atoms with Gasteiger partial charge in [-0.2, -0.15) is 5.26 Å². The number of aliphatic hydroxyl groups excluding tert-OH is 1. The lowest BCUT2D eigenvalue weighted by Crippen LogP contribution is -2.38. The Morgan fingerprint density at radius 2 is 2.47 bits per heavy atom. The zero-order chi connectivity index (χ0) is 11.3. The molecule has 0 radical (unpaired) electrons. The number of hydrogen-bond acceptors (Lipinski definition) is 5. The van der Waals surface area contributed by atoms with Crippen LogP contribution < -0.4 is 11.1 Å². The number of aliphatic hydroxyl groups is 1. The van der Waals surface area contributed by atoms with Gasteiger partial charge in [0.1, 0.15) is 11.8 Å². The van der Waals surface area contributed by atoms with Crippen LogP contribution in [-0.2, 0) is 0 Å². The van der Waals surface area contributed by atoms with E-state index in [1.165, 1.54) is 0 Å². The maximum Gasteiger partial charge on any atom is 0.142 e. The van der Waals surface area contributed by atoms with Crippen molar-refractivity contribution in [3.8, 4) is 6.07 Å². The zero-order valence-corrected chi connectivity index (χ0v) is 8.51. The molecule has 0 saturated carbocycles. The van der Waals surface area contributed by atoms with Gasteiger partial charge in [-0.1, -0.05) is 0 Å². The summed E-state index contributed by atoms with van der Waals surface area (Å²) in [5, 5.41) is 20.8. The van der Waals surface area contributed by atoms with Crippen molar-refractivity contribution in [1.29, 1.82) is 5.26 Å². The molecule has 2 atom stereocenters. The number of rotatable bonds is 4. The molecule has 1 aromatic rings. The summed E-state index contributed by atoms with van der Waals surface area (Å²) in [6.07, 6.45) is 0.990. The Bertz CT molecular complexity index is 359. The van der Waals surface area contributed by atoms with Gasteiger partial charge in [-0.3, -0.25) is 0 Å². The lowest BCUT2D eigenvalue weighted by Gasteiger charge is -2.15. The molecule has 1 rings (SSSR count). The topological polar surface area (TPSA) is 95.0 Å². The van der Waals surface area contributed by atoms with Crippen molar-refractivity contribution in [3.05, 3.63) is 24.0 Å². The van der Waals surface area contributed by atoms with E-state index in [1.54, 1.807) is 25.3 Å². The van der Waals surface area contributed by atoms with Crippen molar-refractivity contribution >= 4 is 5.69 Å². The van der Waals surface area contributed by atoms with Gasteiger partial charge < -0.3 is 16.2 Å². The summed E-state index contributed by atoms with van der Waals surface area (Å²) in [5.74, 6) is 0. The third-order valence-electron chi connectivity index (χ3n) is 2.04. The molecule has 0 aromatic carbocycles. The normalized spacial score (nSPS) is 14.0. The Hall–Kier alpha value is -1.64. The molecule has 0 aliphatic rings. The van der Waals surface area contributed by atoms with E-state index >= 15 is 0 Å². The van der Waals surface area contributed by atoms with Crippen LogP contribution >= 0.6 is 0 Å². The van der Waals surface area contributed by atoms with Gasteiger partial charge in [-0.15, -0.1) is 0 Å². The van der Waals surface area contributed by atoms with Gasteiger partial charge in [0.2, 0.25) is 0 Å². The van der Waals surface area contributed by atoms with Gasteiger partial charge >= 0.3 is 0 Å². The van der Waals surface area contributed by atoms with Crippen LogP contribution in [0.25, 0.3) is 0 Å². The van der Waals surface area contributed by atoms with E-state index in [0.29, 0.717) is 12.2 Å². The third kappa shape index (κ3) is 3.54. The van der Waals surface area contributed by atoms with Crippen LogP contribution in [0.2, 0.25) is 0 Å². The molecule has 0 saturated heterocycles. The van der Waals surface area contributed by atoms with Gasteiger partial charge in [0, 0.05) is 24.5 Å². The second-order valence-corrected chi connectivity index (χ2v) is 3.33. The Kier molecular flexibility index (Phi) is 4.03. The molecule has 5 nitrogen and oxygen atoms in total. The summed E-state index contributed by atoms with van der Waals surface area (Å²) in [5.41, 5.74) is 6.77. The highest BCUT2D eigenvalue weighted by atomic mass is 16.3. The fourth-order valence-corrected chi connectivity index (χ4v) is 1.01. The lowest BCUT2D eigenvalue weighted by atomic mass is 10.2. The zero-order valence-electron chi connectivity index (χ0n) is 8.51. The van der Waals surface area contributed by atoms with Crippen LogP contribution in [0.4, 0.5) is 5.69 Å². The van der Waals surface area contributed by atoms with Crippen molar-refractivity contribution in [1.82, 2.24) is 4.98 Å². The molecule has 80 valence electrons. The number of nitrogens with two attached hydrogens (primary N) is 1. The molecule has 15 heavy (non-hydrogen) atoms. The first-order valence-electron chi connectivity index (χ1n) is 4.67. The van der Waals surface area contributed by atoms with Crippen LogP contribution in [0.1, 0.15) is 12.6 Å². The molecular formula is C10H14N4O. The average molecular weight is 206 g/mol. The molecule has 2 unspecified atom stereocenters. The first-order valence-corrected chi connectivity index (χ1v) is 4.67. The minimum Gasteiger partial charge on any atom is -0.392 e. The number of nitrogens with zero attached hydrogens (tertiary/aromatic N) is 2. The summed E-state index contributed by atoms with van der Waals surface area (Å²) >= 11 is 0. The SMILES string of the molecule is CC(O)C(N)CNc1ccnc(C#N)c1. The van der Waals surface area contributed by atoms with Gasteiger partial charge in [-0.25, -0.2) is 4.98 Å². The number of pyridine rings is 1. The number of nitriles is 1. The Labute approximate surface area is 88.6 Å². The summed E-state index contributed by atoms with van der Waals surface area (Å²) in [6, 6.07) is 5.00. The average Bonchev–Trinajstić information content (AvgIpc) is 2.26. The highest BCUT2D eigenvalue weighted by molar-refractivity contribution is 5.45. The summed E-state index contributed by atoms with van der Waals surface area (Å²) in [7, 11) is 0. The highest BCUT2D eigenvalue weighted by Gasteiger charge is 2.08. The van der Waals surface area contributed by atoms with E-state index in [-0.39, 0.29) is 6.04 Å². The van der Waals surface area contributed by atoms with E-state index < -0.39 is 6.10 Å². The summed E-state index contributed by atoms with van der Waals surface area (Å²) in [4.78, 5) is 3.84. The van der Waals surface area contributed by atoms with E-state index in [4.69, 9.17) is 16.1 Å². The smallest absolute Gasteiger partial charge is 0.142 e. The van der Waals surface area contributed by atoms with E-state index in [1.807, 2.05) is 6.07 Å². The quantitative estimate of drug-likeness (QED) is 0.648. The van der Waals surface area contributed by atoms with E-state index in [2.05, 4.69) is 10.3 Å². The minimum atomic E-state index is -0.560. The van der Waals surface area contributed by atoms with Crippen LogP contribution in [0, 0.1) is 11.3 Å². The van der Waals surface area contributed by atoms with Crippen molar-refractivity contribution in [2.24, 2.45) is 5.73 Å². The Morgan fingerprint density at radius 1 is 1.73 bits per heavy atom. The molecule has 0 bridgehead atoms. The third-order valence-corrected chi connectivity index (χ3v) is 2.04. The molecule has 1 heterocycles. The van der Waals surface area contributed by atoms with E-state index in [9.17, 15) is 0 Å². The highest BCUT2D eigenvalue weighted by Crippen LogP contribution is 2.07. The first-order chi connectivity index (χ1) is 7.13. The predicted molar refractivity (Wildman–Crippen MR) is 57.1 cm³/mol. The first kappa shape index (κ1) is 11.4. The number of aromatic nitrogens is 1. The fraction of sp³-hybridized carbons (Fsp3) is 0.400. The Balaban J connectivity index is 2.55. The van der Waals surface area contributed by atoms with Crippen molar-refractivity contribution in [2.75, 3.05) is 11.9 Å². The lowest BCUT2D eigenvalue weighted by molar-refractivity contribution is 0.168. The number of hydrogen-bond donors (Lipinski definition) is 3. The maximum absolute atomic E-state index is 9.17. The van der Waals surface area contributed by atoms with Crippen molar-refractivity contribution in [3.63, 3.8) is 0 Å². The molecule has 5 heteroatoms. The second-order valence-electron chi connectivity index (χ2n) is 3.33. The fourth-order valence-electron chi connectivity index (χ4n) is 1.01. The number of anilines is 1.